The summed E-state index contributed by atoms with van der Waals surface area (Å²) in [6.45, 7) is 4.78. The molecule has 2 aliphatic rings. The maximum Gasteiger partial charge on any atom is 0.0497 e. The molecule has 0 unspecified atom stereocenters. The molecule has 0 bridgehead atoms. The lowest BCUT2D eigenvalue weighted by molar-refractivity contribution is 0.661. The minimum atomic E-state index is -0.0771. The van der Waals surface area contributed by atoms with E-state index in [1.165, 1.54) is 70.6 Å². The Labute approximate surface area is 233 Å². The Bertz CT molecular complexity index is 1940. The van der Waals surface area contributed by atoms with Gasteiger partial charge in [-0.15, -0.1) is 11.3 Å². The van der Waals surface area contributed by atoms with Gasteiger partial charge >= 0.3 is 0 Å². The van der Waals surface area contributed by atoms with Crippen LogP contribution in [0, 0.1) is 0 Å². The number of hydrogen-bond acceptors (Lipinski definition) is 2. The zero-order valence-corrected chi connectivity index (χ0v) is 23.1. The zero-order valence-electron chi connectivity index (χ0n) is 22.2. The maximum atomic E-state index is 2.46. The van der Waals surface area contributed by atoms with Crippen LogP contribution in [0.3, 0.4) is 0 Å². The van der Waals surface area contributed by atoms with Crippen molar-refractivity contribution in [3.05, 3.63) is 138 Å². The number of allylic oxidation sites excluding steroid dienone is 1. The van der Waals surface area contributed by atoms with Gasteiger partial charge in [0.1, 0.15) is 0 Å². The molecule has 2 heteroatoms. The number of benzene rings is 5. The van der Waals surface area contributed by atoms with Crippen LogP contribution in [0.5, 0.6) is 0 Å². The minimum Gasteiger partial charge on any atom is -0.310 e. The van der Waals surface area contributed by atoms with E-state index in [1.807, 2.05) is 11.3 Å². The summed E-state index contributed by atoms with van der Waals surface area (Å²) >= 11 is 1.93. The highest BCUT2D eigenvalue weighted by molar-refractivity contribution is 7.26. The van der Waals surface area contributed by atoms with Crippen LogP contribution in [0.4, 0.5) is 11.4 Å². The zero-order chi connectivity index (χ0) is 26.1. The second-order valence-electron chi connectivity index (χ2n) is 11.3. The smallest absolute Gasteiger partial charge is 0.0497 e. The van der Waals surface area contributed by atoms with Gasteiger partial charge in [-0.3, -0.25) is 0 Å². The molecule has 5 aromatic carbocycles. The van der Waals surface area contributed by atoms with Crippen LogP contribution in [0.15, 0.2) is 115 Å². The van der Waals surface area contributed by atoms with E-state index in [1.54, 1.807) is 0 Å². The Hall–Kier alpha value is -4.14. The summed E-state index contributed by atoms with van der Waals surface area (Å²) in [5, 5.41) is 2.73. The van der Waals surface area contributed by atoms with Crippen LogP contribution < -0.4 is 4.90 Å². The third-order valence-corrected chi connectivity index (χ3v) is 9.93. The molecule has 0 radical (unpaired) electrons. The topological polar surface area (TPSA) is 3.24 Å². The van der Waals surface area contributed by atoms with E-state index in [0.29, 0.717) is 0 Å². The van der Waals surface area contributed by atoms with Crippen LogP contribution in [0.2, 0.25) is 0 Å². The van der Waals surface area contributed by atoms with E-state index in [9.17, 15) is 0 Å². The van der Waals surface area contributed by atoms with E-state index in [0.717, 1.165) is 12.8 Å². The summed E-state index contributed by atoms with van der Waals surface area (Å²) in [5.74, 6) is 0. The number of para-hydroxylation sites is 1. The number of rotatable bonds is 3. The van der Waals surface area contributed by atoms with Gasteiger partial charge in [-0.25, -0.2) is 0 Å². The first-order valence-electron chi connectivity index (χ1n) is 13.8. The fourth-order valence-electron chi connectivity index (χ4n) is 6.81. The first-order valence-corrected chi connectivity index (χ1v) is 14.7. The average molecular weight is 520 g/mol. The molecule has 0 N–H and O–H groups in total. The second-order valence-corrected chi connectivity index (χ2v) is 12.3. The Kier molecular flexibility index (Phi) is 4.93. The third-order valence-electron chi connectivity index (χ3n) is 8.72. The molecule has 0 saturated carbocycles. The largest absolute Gasteiger partial charge is 0.310 e. The fraction of sp³-hybridized carbons (Fsp3) is 0.135. The Morgan fingerprint density at radius 1 is 0.667 bits per heavy atom. The summed E-state index contributed by atoms with van der Waals surface area (Å²) in [6, 6.07) is 40.5. The predicted octanol–water partition coefficient (Wildman–Crippen LogP) is 10.5. The lowest BCUT2D eigenvalue weighted by Crippen LogP contribution is -2.20. The van der Waals surface area contributed by atoms with Crippen molar-refractivity contribution in [3.63, 3.8) is 0 Å². The van der Waals surface area contributed by atoms with Gasteiger partial charge in [-0.1, -0.05) is 98.8 Å². The summed E-state index contributed by atoms with van der Waals surface area (Å²) < 4.78 is 2.78. The van der Waals surface area contributed by atoms with Crippen LogP contribution >= 0.6 is 11.3 Å². The average Bonchev–Trinajstić information content (AvgIpc) is 3.46. The van der Waals surface area contributed by atoms with Gasteiger partial charge in [0, 0.05) is 53.8 Å². The first-order chi connectivity index (χ1) is 19.1. The molecular weight excluding hydrogens is 490 g/mol. The summed E-state index contributed by atoms with van der Waals surface area (Å²) in [6.07, 6.45) is 4.57. The van der Waals surface area contributed by atoms with Crippen LogP contribution in [0.1, 0.15) is 42.5 Å². The van der Waals surface area contributed by atoms with E-state index in [2.05, 4.69) is 134 Å². The Morgan fingerprint density at radius 3 is 2.36 bits per heavy atom. The van der Waals surface area contributed by atoms with Crippen molar-refractivity contribution >= 4 is 48.6 Å². The van der Waals surface area contributed by atoms with Gasteiger partial charge in [-0.05, 0) is 65.4 Å². The second kappa shape index (κ2) is 8.43. The van der Waals surface area contributed by atoms with Crippen LogP contribution in [0.25, 0.3) is 37.0 Å². The molecule has 2 aliphatic carbocycles. The van der Waals surface area contributed by atoms with Gasteiger partial charge in [0.2, 0.25) is 0 Å². The molecule has 8 rings (SSSR count). The molecule has 1 aromatic heterocycles. The standard InChI is InChI=1S/C37H29NS/c1-37(2)31-22-21-29-28-16-8-9-18-34(28)39-36(29)35(31)30-20-19-26(23-32(30)37)38(25-13-4-3-5-14-25)33-17-10-12-24-11-6-7-15-27(24)33/h3-9,11,13-23H,10,12H2,1-2H3. The van der Waals surface area contributed by atoms with Crippen molar-refractivity contribution in [1.82, 2.24) is 0 Å². The lowest BCUT2D eigenvalue weighted by Gasteiger charge is -2.32. The number of hydrogen-bond donors (Lipinski definition) is 0. The number of thiophene rings is 1. The van der Waals surface area contributed by atoms with Gasteiger partial charge in [0.15, 0.2) is 0 Å². The molecular formula is C37H29NS. The van der Waals surface area contributed by atoms with E-state index < -0.39 is 0 Å². The molecule has 1 heterocycles. The van der Waals surface area contributed by atoms with Crippen molar-refractivity contribution in [1.29, 1.82) is 0 Å². The fourth-order valence-corrected chi connectivity index (χ4v) is 8.07. The number of nitrogens with zero attached hydrogens (tertiary/aromatic N) is 1. The molecule has 0 amide bonds. The van der Waals surface area contributed by atoms with Crippen molar-refractivity contribution in [3.8, 4) is 11.1 Å². The molecule has 1 nitrogen and oxygen atoms in total. The molecule has 0 spiro atoms. The molecule has 39 heavy (non-hydrogen) atoms. The first kappa shape index (κ1) is 22.8. The molecule has 0 fully saturated rings. The summed E-state index contributed by atoms with van der Waals surface area (Å²) in [5.41, 5.74) is 12.0. The van der Waals surface area contributed by atoms with Crippen molar-refractivity contribution in [2.45, 2.75) is 32.1 Å². The predicted molar refractivity (Wildman–Crippen MR) is 168 cm³/mol. The van der Waals surface area contributed by atoms with Crippen LogP contribution in [-0.2, 0) is 11.8 Å². The van der Waals surface area contributed by atoms with Crippen molar-refractivity contribution in [2.24, 2.45) is 0 Å². The molecule has 0 saturated heterocycles. The lowest BCUT2D eigenvalue weighted by atomic mass is 9.82. The monoisotopic (exact) mass is 519 g/mol. The highest BCUT2D eigenvalue weighted by Crippen LogP contribution is 2.55. The normalized spacial score (nSPS) is 15.1. The summed E-state index contributed by atoms with van der Waals surface area (Å²) in [7, 11) is 0. The molecule has 0 aliphatic heterocycles. The van der Waals surface area contributed by atoms with E-state index in [4.69, 9.17) is 0 Å². The van der Waals surface area contributed by atoms with Crippen LogP contribution in [-0.4, -0.2) is 0 Å². The SMILES string of the molecule is CC1(C)c2cc(N(C3=CCCc4ccccc43)c3ccccc3)ccc2-c2c1ccc1c2sc2ccccc21. The Balaban J connectivity index is 1.35. The number of anilines is 2. The van der Waals surface area contributed by atoms with Gasteiger partial charge in [0.25, 0.3) is 0 Å². The van der Waals surface area contributed by atoms with Gasteiger partial charge in [-0.2, -0.15) is 0 Å². The van der Waals surface area contributed by atoms with Crippen molar-refractivity contribution < 1.29 is 0 Å². The third kappa shape index (κ3) is 3.31. The summed E-state index contributed by atoms with van der Waals surface area (Å²) in [4.78, 5) is 2.46. The van der Waals surface area contributed by atoms with Crippen molar-refractivity contribution in [2.75, 3.05) is 4.90 Å². The van der Waals surface area contributed by atoms with Gasteiger partial charge < -0.3 is 4.90 Å². The number of aryl methyl sites for hydroxylation is 1. The molecule has 188 valence electrons. The molecule has 0 atom stereocenters. The van der Waals surface area contributed by atoms with Gasteiger partial charge in [0.05, 0.1) is 0 Å². The highest BCUT2D eigenvalue weighted by Gasteiger charge is 2.38. The number of fused-ring (bicyclic) bond motifs is 8. The highest BCUT2D eigenvalue weighted by atomic mass is 32.1. The Morgan fingerprint density at radius 2 is 1.46 bits per heavy atom. The quantitative estimate of drug-likeness (QED) is 0.225. The minimum absolute atomic E-state index is 0.0771. The molecule has 6 aromatic rings. The van der Waals surface area contributed by atoms with E-state index in [-0.39, 0.29) is 5.41 Å². The van der Waals surface area contributed by atoms with E-state index >= 15 is 0 Å². The maximum absolute atomic E-state index is 2.46.